The third kappa shape index (κ3) is 22.3. The molecule has 0 fully saturated rings. The zero-order valence-corrected chi connectivity index (χ0v) is 37.2. The number of Topliss-reactive ketones (excluding diaryl/α,β-unsaturated/α-hetero) is 3. The maximum Gasteiger partial charge on any atom is 0.275 e. The Bertz CT molecular complexity index is 745. The molecule has 314 valence electrons. The van der Waals surface area contributed by atoms with E-state index in [0.717, 1.165) is 116 Å². The van der Waals surface area contributed by atoms with Crippen molar-refractivity contribution in [3.05, 3.63) is 0 Å². The van der Waals surface area contributed by atoms with Crippen LogP contribution in [0.15, 0.2) is 0 Å². The Labute approximate surface area is 333 Å². The molecule has 0 aromatic heterocycles. The van der Waals surface area contributed by atoms with Gasteiger partial charge in [-0.05, 0) is 57.8 Å². The number of unbranched alkanes of at least 4 members (excludes halogenated alkanes) is 27. The first-order valence-electron chi connectivity index (χ1n) is 24.3. The van der Waals surface area contributed by atoms with E-state index in [1.165, 1.54) is 116 Å². The summed E-state index contributed by atoms with van der Waals surface area (Å²) in [6, 6.07) is 0. The average Bonchev–Trinajstić information content (AvgIpc) is 3.15. The van der Waals surface area contributed by atoms with Gasteiger partial charge in [0.2, 0.25) is 17.3 Å². The molecule has 0 saturated heterocycles. The van der Waals surface area contributed by atoms with Gasteiger partial charge in [0.1, 0.15) is 0 Å². The number of rotatable bonds is 43. The molecule has 4 heteroatoms. The molecule has 0 radical (unpaired) electrons. The van der Waals surface area contributed by atoms with Crippen LogP contribution in [0.4, 0.5) is 0 Å². The molecule has 53 heavy (non-hydrogen) atoms. The average molecular weight is 747 g/mol. The second-order valence-corrected chi connectivity index (χ2v) is 17.1. The molecule has 0 aromatic carbocycles. The summed E-state index contributed by atoms with van der Waals surface area (Å²) in [5.74, 6) is 0.0252. The lowest BCUT2D eigenvalue weighted by Crippen LogP contribution is -2.76. The molecule has 0 aromatic rings. The fourth-order valence-corrected chi connectivity index (χ4v) is 8.89. The number of quaternary nitrogens is 1. The topological polar surface area (TPSA) is 51.2 Å². The number of carbonyl (C=O) groups excluding carboxylic acids is 3. The highest BCUT2D eigenvalue weighted by atomic mass is 16.2. The van der Waals surface area contributed by atoms with Crippen molar-refractivity contribution in [2.24, 2.45) is 0 Å². The van der Waals surface area contributed by atoms with Crippen LogP contribution < -0.4 is 0 Å². The fraction of sp³-hybridized carbons (Fsp3) is 0.939. The highest BCUT2D eigenvalue weighted by Crippen LogP contribution is 2.37. The maximum atomic E-state index is 15.4. The second kappa shape index (κ2) is 36.6. The Balaban J connectivity index is 7.21. The molecule has 0 N–H and O–H groups in total. The SMILES string of the molecule is CCCCCCCC[N+](CCCCCCCC)(CCCCCCCC)C(C(=O)CCCCCCC)(C(=O)CCCCCCC)C(=O)CCCCCCC. The second-order valence-electron chi connectivity index (χ2n) is 17.1. The zero-order valence-electron chi connectivity index (χ0n) is 37.2. The van der Waals surface area contributed by atoms with E-state index in [9.17, 15) is 0 Å². The van der Waals surface area contributed by atoms with Crippen LogP contribution in [0.3, 0.4) is 0 Å². The van der Waals surface area contributed by atoms with Gasteiger partial charge in [-0.2, -0.15) is 0 Å². The number of hydrogen-bond acceptors (Lipinski definition) is 3. The predicted molar refractivity (Wildman–Crippen MR) is 233 cm³/mol. The highest BCUT2D eigenvalue weighted by Gasteiger charge is 2.64. The van der Waals surface area contributed by atoms with E-state index in [1.807, 2.05) is 0 Å². The van der Waals surface area contributed by atoms with E-state index >= 15 is 14.4 Å². The van der Waals surface area contributed by atoms with Crippen molar-refractivity contribution in [3.8, 4) is 0 Å². The summed E-state index contributed by atoms with van der Waals surface area (Å²) in [6.07, 6.45) is 38.3. The summed E-state index contributed by atoms with van der Waals surface area (Å²) in [6.45, 7) is 15.9. The van der Waals surface area contributed by atoms with Crippen molar-refractivity contribution >= 4 is 17.3 Å². The number of carbonyl (C=O) groups is 3. The normalized spacial score (nSPS) is 12.1. The van der Waals surface area contributed by atoms with Gasteiger partial charge in [0, 0.05) is 19.3 Å². The summed E-state index contributed by atoms with van der Waals surface area (Å²) in [5.41, 5.74) is -1.52. The predicted octanol–water partition coefficient (Wildman–Crippen LogP) is 15.4. The molecule has 0 aliphatic heterocycles. The van der Waals surface area contributed by atoms with Gasteiger partial charge in [-0.15, -0.1) is 0 Å². The minimum Gasteiger partial charge on any atom is -0.300 e. The molecule has 0 spiro atoms. The van der Waals surface area contributed by atoms with E-state index in [-0.39, 0.29) is 17.3 Å². The minimum atomic E-state index is -1.52. The first-order valence-corrected chi connectivity index (χ1v) is 24.3. The maximum absolute atomic E-state index is 15.4. The molecule has 0 aliphatic rings. The summed E-state index contributed by atoms with van der Waals surface area (Å²) < 4.78 is 0.442. The van der Waals surface area contributed by atoms with Gasteiger partial charge in [-0.25, -0.2) is 0 Å². The number of ketones is 3. The Hall–Kier alpha value is -1.03. The van der Waals surface area contributed by atoms with Gasteiger partial charge in [-0.3, -0.25) is 18.9 Å². The summed E-state index contributed by atoms with van der Waals surface area (Å²) in [4.78, 5) is 46.1. The van der Waals surface area contributed by atoms with Crippen LogP contribution in [-0.2, 0) is 14.4 Å². The first-order chi connectivity index (χ1) is 25.9. The van der Waals surface area contributed by atoms with Crippen LogP contribution in [0.2, 0.25) is 0 Å². The molecule has 0 rings (SSSR count). The van der Waals surface area contributed by atoms with Crippen LogP contribution in [-0.4, -0.2) is 47.0 Å². The summed E-state index contributed by atoms with van der Waals surface area (Å²) in [7, 11) is 0. The molecule has 0 bridgehead atoms. The Kier molecular flexibility index (Phi) is 35.9. The van der Waals surface area contributed by atoms with Gasteiger partial charge < -0.3 is 0 Å². The lowest BCUT2D eigenvalue weighted by Gasteiger charge is -2.51. The standard InChI is InChI=1S/C49H96NO3/c1-7-13-19-25-31-37-43-50(44-38-32-26-20-14-8-2,45-39-33-27-21-15-9-3)49(46(51)40-34-28-22-16-10-4,47(52)41-35-29-23-17-11-5)48(53)42-36-30-24-18-12-6/h7-45H2,1-6H3/q+1. The van der Waals surface area contributed by atoms with E-state index in [0.29, 0.717) is 23.7 Å². The van der Waals surface area contributed by atoms with E-state index in [4.69, 9.17) is 0 Å². The first kappa shape index (κ1) is 52.0. The lowest BCUT2D eigenvalue weighted by atomic mass is 9.74. The third-order valence-corrected chi connectivity index (χ3v) is 12.3. The molecule has 0 aliphatic carbocycles. The minimum absolute atomic E-state index is 0.00839. The molecular weight excluding hydrogens is 651 g/mol. The van der Waals surface area contributed by atoms with Crippen molar-refractivity contribution in [1.82, 2.24) is 0 Å². The Morgan fingerprint density at radius 3 is 0.698 bits per heavy atom. The van der Waals surface area contributed by atoms with E-state index in [1.54, 1.807) is 0 Å². The largest absolute Gasteiger partial charge is 0.300 e. The van der Waals surface area contributed by atoms with Gasteiger partial charge in [0.15, 0.2) is 0 Å². The van der Waals surface area contributed by atoms with Gasteiger partial charge in [0.25, 0.3) is 5.54 Å². The van der Waals surface area contributed by atoms with Crippen LogP contribution >= 0.6 is 0 Å². The molecule has 0 amide bonds. The van der Waals surface area contributed by atoms with Crippen LogP contribution in [0, 0.1) is 0 Å². The monoisotopic (exact) mass is 747 g/mol. The van der Waals surface area contributed by atoms with Crippen molar-refractivity contribution in [1.29, 1.82) is 0 Å². The smallest absolute Gasteiger partial charge is 0.275 e. The molecule has 0 unspecified atom stereocenters. The highest BCUT2D eigenvalue weighted by molar-refractivity contribution is 6.28. The third-order valence-electron chi connectivity index (χ3n) is 12.3. The summed E-state index contributed by atoms with van der Waals surface area (Å²) >= 11 is 0. The van der Waals surface area contributed by atoms with Crippen LogP contribution in [0.25, 0.3) is 0 Å². The molecule has 4 nitrogen and oxygen atoms in total. The zero-order chi connectivity index (χ0) is 39.3. The van der Waals surface area contributed by atoms with E-state index < -0.39 is 5.54 Å². The lowest BCUT2D eigenvalue weighted by molar-refractivity contribution is -0.949. The van der Waals surface area contributed by atoms with Gasteiger partial charge in [-0.1, -0.05) is 196 Å². The summed E-state index contributed by atoms with van der Waals surface area (Å²) in [5, 5.41) is 0. The molecular formula is C49H96NO3+. The van der Waals surface area contributed by atoms with Gasteiger partial charge >= 0.3 is 0 Å². The quantitative estimate of drug-likeness (QED) is 0.0355. The van der Waals surface area contributed by atoms with Crippen molar-refractivity contribution in [3.63, 3.8) is 0 Å². The van der Waals surface area contributed by atoms with E-state index in [2.05, 4.69) is 41.5 Å². The van der Waals surface area contributed by atoms with Crippen molar-refractivity contribution in [2.45, 2.75) is 278 Å². The van der Waals surface area contributed by atoms with Crippen LogP contribution in [0.5, 0.6) is 0 Å². The Morgan fingerprint density at radius 2 is 0.472 bits per heavy atom. The molecule has 0 heterocycles. The molecule has 0 saturated carbocycles. The number of hydrogen-bond donors (Lipinski definition) is 0. The van der Waals surface area contributed by atoms with Gasteiger partial charge in [0.05, 0.1) is 19.6 Å². The number of nitrogens with zero attached hydrogens (tertiary/aromatic N) is 1. The molecule has 0 atom stereocenters. The van der Waals surface area contributed by atoms with Crippen LogP contribution in [0.1, 0.15) is 273 Å². The Morgan fingerprint density at radius 1 is 0.283 bits per heavy atom. The van der Waals surface area contributed by atoms with Crippen molar-refractivity contribution < 1.29 is 18.9 Å². The fourth-order valence-electron chi connectivity index (χ4n) is 8.89. The van der Waals surface area contributed by atoms with Crippen molar-refractivity contribution in [2.75, 3.05) is 19.6 Å².